The van der Waals surface area contributed by atoms with Crippen LogP contribution in [-0.4, -0.2) is 53.8 Å². The van der Waals surface area contributed by atoms with Gasteiger partial charge in [-0.05, 0) is 43.2 Å². The molecule has 0 atom stereocenters. The highest BCUT2D eigenvalue weighted by atomic mass is 32.1. The Morgan fingerprint density at radius 3 is 2.68 bits per heavy atom. The fourth-order valence-electron chi connectivity index (χ4n) is 4.00. The molecule has 0 spiro atoms. The van der Waals surface area contributed by atoms with Crippen LogP contribution in [0.2, 0.25) is 0 Å². The van der Waals surface area contributed by atoms with Crippen LogP contribution in [0.15, 0.2) is 53.9 Å². The van der Waals surface area contributed by atoms with Crippen molar-refractivity contribution in [1.29, 1.82) is 0 Å². The van der Waals surface area contributed by atoms with Gasteiger partial charge in [0.1, 0.15) is 22.2 Å². The fraction of sp³-hybridized carbons (Fsp3) is 0.280. The summed E-state index contributed by atoms with van der Waals surface area (Å²) in [7, 11) is 0. The van der Waals surface area contributed by atoms with Crippen LogP contribution < -0.4 is 14.4 Å². The molecule has 2 aromatic carbocycles. The number of amides is 2. The first-order valence-corrected chi connectivity index (χ1v) is 12.0. The van der Waals surface area contributed by atoms with Crippen molar-refractivity contribution in [3.8, 4) is 11.5 Å². The van der Waals surface area contributed by atoms with Gasteiger partial charge in [0.15, 0.2) is 19.0 Å². The van der Waals surface area contributed by atoms with Gasteiger partial charge in [-0.15, -0.1) is 11.3 Å². The number of hydrogen-bond acceptors (Lipinski definition) is 7. The normalized spacial score (nSPS) is 15.1. The van der Waals surface area contributed by atoms with E-state index in [0.717, 1.165) is 25.9 Å². The molecular weight excluding hydrogens is 454 g/mol. The van der Waals surface area contributed by atoms with Crippen molar-refractivity contribution < 1.29 is 23.9 Å². The van der Waals surface area contributed by atoms with Crippen LogP contribution in [0.3, 0.4) is 0 Å². The second kappa shape index (κ2) is 9.64. The number of ether oxygens (including phenoxy) is 2. The number of hydrogen-bond donors (Lipinski definition) is 0. The molecule has 1 aromatic heterocycles. The zero-order valence-electron chi connectivity index (χ0n) is 18.4. The van der Waals surface area contributed by atoms with Gasteiger partial charge in [-0.25, -0.2) is 4.98 Å². The van der Waals surface area contributed by atoms with Crippen molar-refractivity contribution in [1.82, 2.24) is 9.88 Å². The minimum absolute atomic E-state index is 0.0694. The van der Waals surface area contributed by atoms with E-state index in [2.05, 4.69) is 4.98 Å². The third-order valence-corrected chi connectivity index (χ3v) is 6.63. The Balaban J connectivity index is 1.32. The van der Waals surface area contributed by atoms with Crippen LogP contribution in [-0.2, 0) is 11.3 Å². The molecule has 2 aliphatic heterocycles. The summed E-state index contributed by atoms with van der Waals surface area (Å²) in [6, 6.07) is 14.1. The van der Waals surface area contributed by atoms with Crippen LogP contribution in [0.4, 0.5) is 5.69 Å². The number of aromatic nitrogens is 1. The summed E-state index contributed by atoms with van der Waals surface area (Å²) in [5.74, 6) is 0.611. The molecule has 0 N–H and O–H groups in total. The molecule has 0 unspecified atom stereocenters. The molecule has 0 saturated carbocycles. The van der Waals surface area contributed by atoms with Gasteiger partial charge in [0, 0.05) is 24.0 Å². The van der Waals surface area contributed by atoms with Gasteiger partial charge < -0.3 is 14.4 Å². The summed E-state index contributed by atoms with van der Waals surface area (Å²) in [5.41, 5.74) is 1.33. The molecule has 0 aliphatic carbocycles. The van der Waals surface area contributed by atoms with Gasteiger partial charge in [-0.3, -0.25) is 19.3 Å². The SMILES string of the molecule is O=C(COc1ccccc1)c1ccc2c(c1)N(Cc1nc(C(=O)N3CCCC3)cs1)C(=O)CO2. The summed E-state index contributed by atoms with van der Waals surface area (Å²) in [5, 5.41) is 2.38. The number of thiazole rings is 1. The number of anilines is 1. The zero-order valence-corrected chi connectivity index (χ0v) is 19.3. The maximum Gasteiger partial charge on any atom is 0.273 e. The predicted molar refractivity (Wildman–Crippen MR) is 127 cm³/mol. The number of benzene rings is 2. The second-order valence-corrected chi connectivity index (χ2v) is 9.04. The lowest BCUT2D eigenvalue weighted by atomic mass is 10.1. The Hall–Kier alpha value is -3.72. The lowest BCUT2D eigenvalue weighted by molar-refractivity contribution is -0.121. The Morgan fingerprint density at radius 2 is 1.88 bits per heavy atom. The minimum atomic E-state index is -0.236. The molecule has 1 saturated heterocycles. The first-order valence-electron chi connectivity index (χ1n) is 11.1. The summed E-state index contributed by atoms with van der Waals surface area (Å²) in [6.45, 7) is 1.50. The van der Waals surface area contributed by atoms with Crippen LogP contribution in [0.1, 0.15) is 38.7 Å². The van der Waals surface area contributed by atoms with E-state index >= 15 is 0 Å². The Morgan fingerprint density at radius 1 is 1.09 bits per heavy atom. The highest BCUT2D eigenvalue weighted by Gasteiger charge is 2.28. The van der Waals surface area contributed by atoms with Gasteiger partial charge in [0.05, 0.1) is 12.2 Å². The van der Waals surface area contributed by atoms with Gasteiger partial charge in [0.25, 0.3) is 11.8 Å². The van der Waals surface area contributed by atoms with E-state index in [1.165, 1.54) is 11.3 Å². The summed E-state index contributed by atoms with van der Waals surface area (Å²) >= 11 is 1.34. The minimum Gasteiger partial charge on any atom is -0.485 e. The van der Waals surface area contributed by atoms with Crippen LogP contribution in [0.25, 0.3) is 0 Å². The van der Waals surface area contributed by atoms with E-state index in [-0.39, 0.29) is 37.4 Å². The highest BCUT2D eigenvalue weighted by molar-refractivity contribution is 7.09. The largest absolute Gasteiger partial charge is 0.485 e. The van der Waals surface area contributed by atoms with Crippen molar-refractivity contribution in [3.63, 3.8) is 0 Å². The number of nitrogens with zero attached hydrogens (tertiary/aromatic N) is 3. The molecule has 34 heavy (non-hydrogen) atoms. The van der Waals surface area contributed by atoms with E-state index in [4.69, 9.17) is 9.47 Å². The smallest absolute Gasteiger partial charge is 0.273 e. The Labute approximate surface area is 200 Å². The maximum absolute atomic E-state index is 12.7. The van der Waals surface area contributed by atoms with Gasteiger partial charge in [0.2, 0.25) is 0 Å². The quantitative estimate of drug-likeness (QED) is 0.484. The molecule has 2 aliphatic rings. The first kappa shape index (κ1) is 22.1. The Kier molecular flexibility index (Phi) is 6.27. The number of fused-ring (bicyclic) bond motifs is 1. The Bertz CT molecular complexity index is 1220. The van der Waals surface area contributed by atoms with Gasteiger partial charge in [-0.2, -0.15) is 0 Å². The molecule has 5 rings (SSSR count). The molecule has 174 valence electrons. The van der Waals surface area contributed by atoms with Gasteiger partial charge in [-0.1, -0.05) is 18.2 Å². The molecule has 8 nitrogen and oxygen atoms in total. The van der Waals surface area contributed by atoms with E-state index in [1.54, 1.807) is 40.6 Å². The fourth-order valence-corrected chi connectivity index (χ4v) is 4.75. The molecule has 9 heteroatoms. The number of para-hydroxylation sites is 1. The molecule has 0 bridgehead atoms. The molecule has 3 heterocycles. The number of ketones is 1. The number of carbonyl (C=O) groups excluding carboxylic acids is 3. The average Bonchev–Trinajstić information content (AvgIpc) is 3.57. The monoisotopic (exact) mass is 477 g/mol. The van der Waals surface area contributed by atoms with Crippen LogP contribution >= 0.6 is 11.3 Å². The third kappa shape index (κ3) is 4.65. The zero-order chi connectivity index (χ0) is 23.5. The molecule has 2 amide bonds. The van der Waals surface area contributed by atoms with Crippen molar-refractivity contribution in [2.45, 2.75) is 19.4 Å². The number of likely N-dealkylation sites (tertiary alicyclic amines) is 1. The number of carbonyl (C=O) groups is 3. The molecule has 1 fully saturated rings. The molecule has 0 radical (unpaired) electrons. The summed E-state index contributed by atoms with van der Waals surface area (Å²) in [4.78, 5) is 45.9. The van der Waals surface area contributed by atoms with E-state index < -0.39 is 0 Å². The van der Waals surface area contributed by atoms with Crippen molar-refractivity contribution in [2.24, 2.45) is 0 Å². The second-order valence-electron chi connectivity index (χ2n) is 8.10. The lowest BCUT2D eigenvalue weighted by Crippen LogP contribution is -2.38. The first-order chi connectivity index (χ1) is 16.6. The topological polar surface area (TPSA) is 89.0 Å². The third-order valence-electron chi connectivity index (χ3n) is 5.79. The van der Waals surface area contributed by atoms with Crippen molar-refractivity contribution in [3.05, 3.63) is 70.2 Å². The van der Waals surface area contributed by atoms with E-state index in [0.29, 0.717) is 33.5 Å². The van der Waals surface area contributed by atoms with Crippen molar-refractivity contribution in [2.75, 3.05) is 31.2 Å². The van der Waals surface area contributed by atoms with E-state index in [1.807, 2.05) is 23.1 Å². The molecule has 3 aromatic rings. The predicted octanol–water partition coefficient (Wildman–Crippen LogP) is 3.57. The number of rotatable bonds is 7. The number of Topliss-reactive ketones (excluding diaryl/α,β-unsaturated/α-hetero) is 1. The maximum atomic E-state index is 12.7. The van der Waals surface area contributed by atoms with E-state index in [9.17, 15) is 14.4 Å². The highest BCUT2D eigenvalue weighted by Crippen LogP contribution is 2.34. The van der Waals surface area contributed by atoms with Gasteiger partial charge >= 0.3 is 0 Å². The standard InChI is InChI=1S/C25H23N3O5S/c29-21(14-32-18-6-2-1-3-7-18)17-8-9-22-20(12-17)28(24(30)15-33-22)13-23-26-19(16-34-23)25(31)27-10-4-5-11-27/h1-3,6-9,12,16H,4-5,10-11,13-15H2. The van der Waals surface area contributed by atoms with Crippen LogP contribution in [0, 0.1) is 0 Å². The summed E-state index contributed by atoms with van der Waals surface area (Å²) < 4.78 is 11.1. The average molecular weight is 478 g/mol. The molecular formula is C25H23N3O5S. The van der Waals surface area contributed by atoms with Crippen molar-refractivity contribution >= 4 is 34.6 Å². The van der Waals surface area contributed by atoms with Crippen LogP contribution in [0.5, 0.6) is 11.5 Å². The lowest BCUT2D eigenvalue weighted by Gasteiger charge is -2.29. The summed E-state index contributed by atoms with van der Waals surface area (Å²) in [6.07, 6.45) is 2.03.